The van der Waals surface area contributed by atoms with Gasteiger partial charge in [-0.25, -0.2) is 0 Å². The lowest BCUT2D eigenvalue weighted by molar-refractivity contribution is -0.163. The molecule has 0 radical (unpaired) electrons. The zero-order valence-electron chi connectivity index (χ0n) is 21.9. The lowest BCUT2D eigenvalue weighted by Gasteiger charge is -2.45. The molecule has 2 saturated heterocycles. The summed E-state index contributed by atoms with van der Waals surface area (Å²) < 4.78 is 12.3. The van der Waals surface area contributed by atoms with Crippen LogP contribution in [0, 0.1) is 17.3 Å². The zero-order chi connectivity index (χ0) is 25.8. The number of rotatable bonds is 5. The highest BCUT2D eigenvalue weighted by atomic mass is 16.6. The average molecular weight is 489 g/mol. The van der Waals surface area contributed by atoms with Gasteiger partial charge in [0.2, 0.25) is 11.8 Å². The molecular formula is C27H40N2O6. The maximum Gasteiger partial charge on any atom is 0.313 e. The Balaban J connectivity index is 1.86. The van der Waals surface area contributed by atoms with E-state index in [1.807, 2.05) is 50.0 Å². The Kier molecular flexibility index (Phi) is 6.46. The Morgan fingerprint density at radius 1 is 1.06 bits per heavy atom. The molecule has 0 aromatic carbocycles. The average Bonchev–Trinajstić information content (AvgIpc) is 3.07. The molecule has 5 atom stereocenters. The molecule has 0 saturated carbocycles. The molecule has 35 heavy (non-hydrogen) atoms. The molecule has 8 heteroatoms. The molecule has 2 fully saturated rings. The zero-order valence-corrected chi connectivity index (χ0v) is 21.9. The van der Waals surface area contributed by atoms with Crippen molar-refractivity contribution >= 4 is 17.8 Å². The van der Waals surface area contributed by atoms with Gasteiger partial charge in [-0.2, -0.15) is 0 Å². The van der Waals surface area contributed by atoms with Gasteiger partial charge in [0.05, 0.1) is 19.1 Å². The lowest BCUT2D eigenvalue weighted by atomic mass is 9.73. The number of cyclic esters (lactones) is 1. The van der Waals surface area contributed by atoms with Crippen LogP contribution in [0.25, 0.3) is 0 Å². The van der Waals surface area contributed by atoms with Gasteiger partial charge in [-0.1, -0.05) is 52.0 Å². The van der Waals surface area contributed by atoms with E-state index in [9.17, 15) is 19.5 Å². The molecule has 0 aromatic rings. The molecule has 1 spiro atoms. The Morgan fingerprint density at radius 3 is 2.40 bits per heavy atom. The fourth-order valence-electron chi connectivity index (χ4n) is 7.01. The predicted octanol–water partition coefficient (Wildman–Crippen LogP) is 2.46. The first kappa shape index (κ1) is 25.9. The number of ether oxygens (including phenoxy) is 2. The van der Waals surface area contributed by atoms with Crippen molar-refractivity contribution in [1.82, 2.24) is 9.80 Å². The molecule has 1 unspecified atom stereocenters. The molecular weight excluding hydrogens is 448 g/mol. The Morgan fingerprint density at radius 2 is 1.77 bits per heavy atom. The third-order valence-electron chi connectivity index (χ3n) is 7.94. The van der Waals surface area contributed by atoms with Crippen molar-refractivity contribution in [2.45, 2.75) is 83.6 Å². The summed E-state index contributed by atoms with van der Waals surface area (Å²) in [6.07, 6.45) is 9.37. The number of likely N-dealkylation sites (tertiary alicyclic amines) is 1. The maximum absolute atomic E-state index is 14.3. The SMILES string of the molecule is CC[C@@]12C=CCCOC(=O)[C@@H]1[C@H]1C(=O)N(CCO)C3C(=O)N(C(C)(C)CC(C)(C)C)CC=C[C@@]31O2. The van der Waals surface area contributed by atoms with Crippen molar-refractivity contribution in [2.75, 3.05) is 26.3 Å². The van der Waals surface area contributed by atoms with Crippen LogP contribution in [-0.2, 0) is 23.9 Å². The normalized spacial score (nSPS) is 35.3. The molecule has 0 aromatic heterocycles. The van der Waals surface area contributed by atoms with Crippen molar-refractivity contribution in [3.05, 3.63) is 24.3 Å². The van der Waals surface area contributed by atoms with Gasteiger partial charge in [-0.15, -0.1) is 0 Å². The van der Waals surface area contributed by atoms with Crippen LogP contribution in [0.3, 0.4) is 0 Å². The van der Waals surface area contributed by atoms with E-state index in [-0.39, 0.29) is 37.0 Å². The number of esters is 1. The van der Waals surface area contributed by atoms with Gasteiger partial charge in [0.1, 0.15) is 23.2 Å². The molecule has 4 aliphatic heterocycles. The number of amides is 2. The van der Waals surface area contributed by atoms with Crippen LogP contribution in [-0.4, -0.2) is 81.8 Å². The molecule has 194 valence electrons. The van der Waals surface area contributed by atoms with Crippen LogP contribution in [0.4, 0.5) is 0 Å². The van der Waals surface area contributed by atoms with Gasteiger partial charge >= 0.3 is 5.97 Å². The summed E-state index contributed by atoms with van der Waals surface area (Å²) >= 11 is 0. The minimum absolute atomic E-state index is 0.00500. The number of hydrogen-bond donors (Lipinski definition) is 1. The molecule has 8 nitrogen and oxygen atoms in total. The number of β-amino-alcohol motifs (C(OH)–C–C–N with tert-alkyl or cyclic N) is 1. The molecule has 4 aliphatic rings. The Labute approximate surface area is 208 Å². The Bertz CT molecular complexity index is 950. The maximum atomic E-state index is 14.3. The number of fused-ring (bicyclic) bond motifs is 2. The van der Waals surface area contributed by atoms with Crippen molar-refractivity contribution < 1.29 is 29.0 Å². The van der Waals surface area contributed by atoms with Gasteiger partial charge < -0.3 is 24.4 Å². The highest BCUT2D eigenvalue weighted by Crippen LogP contribution is 2.58. The molecule has 0 aliphatic carbocycles. The van der Waals surface area contributed by atoms with Gasteiger partial charge in [0.15, 0.2) is 0 Å². The molecule has 4 rings (SSSR count). The van der Waals surface area contributed by atoms with E-state index in [1.54, 1.807) is 0 Å². The first-order valence-electron chi connectivity index (χ1n) is 12.8. The fraction of sp³-hybridized carbons (Fsp3) is 0.741. The number of carbonyl (C=O) groups excluding carboxylic acids is 3. The van der Waals surface area contributed by atoms with E-state index < -0.39 is 40.6 Å². The summed E-state index contributed by atoms with van der Waals surface area (Å²) in [6, 6.07) is -0.969. The van der Waals surface area contributed by atoms with Crippen LogP contribution in [0.1, 0.15) is 60.8 Å². The number of nitrogens with zero attached hydrogens (tertiary/aromatic N) is 2. The molecule has 0 bridgehead atoms. The number of carbonyl (C=O) groups is 3. The molecule has 2 amide bonds. The molecule has 4 heterocycles. The van der Waals surface area contributed by atoms with Gasteiger partial charge in [0, 0.05) is 18.6 Å². The van der Waals surface area contributed by atoms with Gasteiger partial charge in [-0.3, -0.25) is 14.4 Å². The monoisotopic (exact) mass is 488 g/mol. The Hall–Kier alpha value is -2.19. The van der Waals surface area contributed by atoms with E-state index in [2.05, 4.69) is 20.8 Å². The fourth-order valence-corrected chi connectivity index (χ4v) is 7.01. The van der Waals surface area contributed by atoms with E-state index in [0.29, 0.717) is 19.4 Å². The quantitative estimate of drug-likeness (QED) is 0.472. The lowest BCUT2D eigenvalue weighted by Crippen LogP contribution is -2.60. The highest BCUT2D eigenvalue weighted by Gasteiger charge is 2.75. The number of hydrogen-bond acceptors (Lipinski definition) is 6. The summed E-state index contributed by atoms with van der Waals surface area (Å²) in [6.45, 7) is 12.8. The van der Waals surface area contributed by atoms with Crippen molar-refractivity contribution in [1.29, 1.82) is 0 Å². The largest absolute Gasteiger partial charge is 0.465 e. The molecule has 1 N–H and O–H groups in total. The van der Waals surface area contributed by atoms with Crippen LogP contribution >= 0.6 is 0 Å². The van der Waals surface area contributed by atoms with E-state index in [1.165, 1.54) is 4.90 Å². The number of aliphatic hydroxyl groups is 1. The van der Waals surface area contributed by atoms with Crippen LogP contribution in [0.5, 0.6) is 0 Å². The summed E-state index contributed by atoms with van der Waals surface area (Å²) in [5, 5.41) is 9.81. The third kappa shape index (κ3) is 4.02. The van der Waals surface area contributed by atoms with Gasteiger partial charge in [0.25, 0.3) is 0 Å². The van der Waals surface area contributed by atoms with E-state index in [4.69, 9.17) is 9.47 Å². The topological polar surface area (TPSA) is 96.4 Å². The van der Waals surface area contributed by atoms with Crippen LogP contribution in [0.15, 0.2) is 24.3 Å². The summed E-state index contributed by atoms with van der Waals surface area (Å²) in [5.74, 6) is -2.80. The first-order chi connectivity index (χ1) is 16.3. The first-order valence-corrected chi connectivity index (χ1v) is 12.8. The van der Waals surface area contributed by atoms with Crippen LogP contribution < -0.4 is 0 Å². The predicted molar refractivity (Wildman–Crippen MR) is 130 cm³/mol. The van der Waals surface area contributed by atoms with Crippen molar-refractivity contribution in [3.8, 4) is 0 Å². The van der Waals surface area contributed by atoms with Crippen molar-refractivity contribution in [2.24, 2.45) is 17.3 Å². The second kappa shape index (κ2) is 8.73. The summed E-state index contributed by atoms with van der Waals surface area (Å²) in [5.41, 5.74) is -2.86. The standard InChI is InChI=1S/C27H40N2O6/c1-7-26-11-8-9-16-34-23(33)19(26)18-21(31)28(14-15-30)20-22(32)29(13-10-12-27(18,20)35-26)25(5,6)17-24(2,3)4/h8,10-12,18-20,30H,7,9,13-17H2,1-6H3/t18-,19-,20?,26+,27-/m0/s1. The third-order valence-corrected chi connectivity index (χ3v) is 7.94. The smallest absolute Gasteiger partial charge is 0.313 e. The minimum atomic E-state index is -1.32. The summed E-state index contributed by atoms with van der Waals surface area (Å²) in [7, 11) is 0. The van der Waals surface area contributed by atoms with Crippen molar-refractivity contribution in [3.63, 3.8) is 0 Å². The highest BCUT2D eigenvalue weighted by molar-refractivity contribution is 5.99. The van der Waals surface area contributed by atoms with E-state index in [0.717, 1.165) is 6.42 Å². The minimum Gasteiger partial charge on any atom is -0.465 e. The second-order valence-electron chi connectivity index (χ2n) is 12.1. The number of aliphatic hydroxyl groups excluding tert-OH is 1. The summed E-state index contributed by atoms with van der Waals surface area (Å²) in [4.78, 5) is 44.8. The van der Waals surface area contributed by atoms with Gasteiger partial charge in [-0.05, 0) is 38.5 Å². The second-order valence-corrected chi connectivity index (χ2v) is 12.1. The van der Waals surface area contributed by atoms with Crippen LogP contribution in [0.2, 0.25) is 0 Å². The van der Waals surface area contributed by atoms with E-state index >= 15 is 0 Å².